The van der Waals surface area contributed by atoms with Crippen molar-refractivity contribution in [2.75, 3.05) is 13.1 Å². The molecule has 0 bridgehead atoms. The first kappa shape index (κ1) is 16.0. The fourth-order valence-electron chi connectivity index (χ4n) is 3.77. The molecule has 0 saturated heterocycles. The van der Waals surface area contributed by atoms with Gasteiger partial charge in [-0.15, -0.1) is 0 Å². The summed E-state index contributed by atoms with van der Waals surface area (Å²) in [5.74, 6) is 1.64. The third kappa shape index (κ3) is 3.27. The van der Waals surface area contributed by atoms with Crippen molar-refractivity contribution >= 4 is 0 Å². The van der Waals surface area contributed by atoms with E-state index >= 15 is 0 Å². The van der Waals surface area contributed by atoms with Crippen molar-refractivity contribution in [1.29, 1.82) is 0 Å². The Balaban J connectivity index is 2.74. The predicted octanol–water partition coefficient (Wildman–Crippen LogP) is 3.65. The van der Waals surface area contributed by atoms with Gasteiger partial charge >= 0.3 is 0 Å². The van der Waals surface area contributed by atoms with Crippen LogP contribution in [0.4, 0.5) is 0 Å². The Morgan fingerprint density at radius 1 is 1.11 bits per heavy atom. The smallest absolute Gasteiger partial charge is 0.0332 e. The Morgan fingerprint density at radius 3 is 2.00 bits per heavy atom. The zero-order chi connectivity index (χ0) is 13.8. The van der Waals surface area contributed by atoms with Crippen LogP contribution in [-0.2, 0) is 0 Å². The average molecular weight is 254 g/mol. The predicted molar refractivity (Wildman–Crippen MR) is 80.7 cm³/mol. The number of hydrogen-bond acceptors (Lipinski definition) is 2. The summed E-state index contributed by atoms with van der Waals surface area (Å²) in [6, 6.07) is 0.329. The van der Waals surface area contributed by atoms with Gasteiger partial charge in [0.2, 0.25) is 0 Å². The molecule has 2 nitrogen and oxygen atoms in total. The van der Waals surface area contributed by atoms with Crippen molar-refractivity contribution in [2.45, 2.75) is 78.3 Å². The van der Waals surface area contributed by atoms with Crippen molar-refractivity contribution in [3.8, 4) is 0 Å². The maximum Gasteiger partial charge on any atom is 0.0332 e. The van der Waals surface area contributed by atoms with Crippen LogP contribution >= 0.6 is 0 Å². The molecule has 0 amide bonds. The third-order valence-electron chi connectivity index (χ3n) is 5.49. The summed E-state index contributed by atoms with van der Waals surface area (Å²) >= 11 is 0. The molecule has 1 saturated carbocycles. The fraction of sp³-hybridized carbons (Fsp3) is 1.00. The maximum atomic E-state index is 6.69. The molecule has 0 radical (unpaired) electrons. The van der Waals surface area contributed by atoms with E-state index in [-0.39, 0.29) is 5.54 Å². The molecule has 2 heteroatoms. The molecule has 2 atom stereocenters. The number of rotatable bonds is 6. The Labute approximate surface area is 114 Å². The minimum absolute atomic E-state index is 0.175. The van der Waals surface area contributed by atoms with Crippen LogP contribution in [0.2, 0.25) is 0 Å². The van der Waals surface area contributed by atoms with Crippen molar-refractivity contribution in [2.24, 2.45) is 17.6 Å². The summed E-state index contributed by atoms with van der Waals surface area (Å²) in [4.78, 5) is 2.57. The second-order valence-corrected chi connectivity index (χ2v) is 6.43. The number of nitrogens with two attached hydrogens (primary N) is 1. The van der Waals surface area contributed by atoms with Gasteiger partial charge in [0.25, 0.3) is 0 Å². The van der Waals surface area contributed by atoms with Crippen molar-refractivity contribution < 1.29 is 0 Å². The van der Waals surface area contributed by atoms with E-state index in [0.29, 0.717) is 6.04 Å². The van der Waals surface area contributed by atoms with E-state index in [1.807, 2.05) is 0 Å². The number of likely N-dealkylation sites (N-methyl/N-ethyl adjacent to an activating group) is 1. The molecular weight excluding hydrogens is 220 g/mol. The first-order chi connectivity index (χ1) is 8.49. The summed E-state index contributed by atoms with van der Waals surface area (Å²) in [6.07, 6.45) is 6.56. The van der Waals surface area contributed by atoms with Gasteiger partial charge in [-0.05, 0) is 51.1 Å². The lowest BCUT2D eigenvalue weighted by Crippen LogP contribution is -2.60. The Hall–Kier alpha value is -0.0800. The van der Waals surface area contributed by atoms with Crippen LogP contribution in [0.5, 0.6) is 0 Å². The van der Waals surface area contributed by atoms with Crippen LogP contribution in [0.25, 0.3) is 0 Å². The topological polar surface area (TPSA) is 29.3 Å². The zero-order valence-corrected chi connectivity index (χ0v) is 13.2. The van der Waals surface area contributed by atoms with Gasteiger partial charge in [0.1, 0.15) is 0 Å². The van der Waals surface area contributed by atoms with E-state index < -0.39 is 0 Å². The molecule has 1 aliphatic carbocycles. The van der Waals surface area contributed by atoms with Crippen molar-refractivity contribution in [3.05, 3.63) is 0 Å². The highest BCUT2D eigenvalue weighted by Crippen LogP contribution is 2.36. The van der Waals surface area contributed by atoms with Crippen LogP contribution in [0.15, 0.2) is 0 Å². The Bertz CT molecular complexity index is 229. The standard InChI is InChI=1S/C16H34N2/c1-6-16(5,18(7-2)8-3)15(17)14-11-9-13(4)10-12-14/h13-15H,6-12,17H2,1-5H3. The van der Waals surface area contributed by atoms with Crippen molar-refractivity contribution in [3.63, 3.8) is 0 Å². The zero-order valence-electron chi connectivity index (χ0n) is 13.2. The molecule has 0 spiro atoms. The Morgan fingerprint density at radius 2 is 1.61 bits per heavy atom. The summed E-state index contributed by atoms with van der Waals surface area (Å²) < 4.78 is 0. The van der Waals surface area contributed by atoms with E-state index in [0.717, 1.165) is 31.3 Å². The quantitative estimate of drug-likeness (QED) is 0.784. The number of nitrogens with zero attached hydrogens (tertiary/aromatic N) is 1. The lowest BCUT2D eigenvalue weighted by molar-refractivity contribution is 0.0499. The van der Waals surface area contributed by atoms with Gasteiger partial charge in [0.15, 0.2) is 0 Å². The molecule has 0 aromatic rings. The highest BCUT2D eigenvalue weighted by atomic mass is 15.2. The minimum Gasteiger partial charge on any atom is -0.326 e. The van der Waals surface area contributed by atoms with Gasteiger partial charge in [-0.3, -0.25) is 4.90 Å². The fourth-order valence-corrected chi connectivity index (χ4v) is 3.77. The molecule has 108 valence electrons. The van der Waals surface area contributed by atoms with E-state index in [1.54, 1.807) is 0 Å². The van der Waals surface area contributed by atoms with Gasteiger partial charge in [0, 0.05) is 11.6 Å². The monoisotopic (exact) mass is 254 g/mol. The largest absolute Gasteiger partial charge is 0.326 e. The molecule has 18 heavy (non-hydrogen) atoms. The van der Waals surface area contributed by atoms with E-state index in [9.17, 15) is 0 Å². The second-order valence-electron chi connectivity index (χ2n) is 6.43. The summed E-state index contributed by atoms with van der Waals surface area (Å²) in [5.41, 5.74) is 6.87. The molecule has 1 aliphatic rings. The Kier molecular flexibility index (Phi) is 6.13. The highest BCUT2D eigenvalue weighted by molar-refractivity contribution is 4.98. The number of hydrogen-bond donors (Lipinski definition) is 1. The van der Waals surface area contributed by atoms with Crippen LogP contribution in [-0.4, -0.2) is 29.6 Å². The van der Waals surface area contributed by atoms with E-state index in [2.05, 4.69) is 39.5 Å². The molecule has 2 unspecified atom stereocenters. The van der Waals surface area contributed by atoms with Gasteiger partial charge in [0.05, 0.1) is 0 Å². The summed E-state index contributed by atoms with van der Waals surface area (Å²) in [6.45, 7) is 13.8. The normalized spacial score (nSPS) is 30.2. The average Bonchev–Trinajstić information content (AvgIpc) is 2.39. The van der Waals surface area contributed by atoms with Crippen LogP contribution in [0.1, 0.15) is 66.7 Å². The van der Waals surface area contributed by atoms with Gasteiger partial charge in [-0.1, -0.05) is 40.5 Å². The van der Waals surface area contributed by atoms with Gasteiger partial charge < -0.3 is 5.73 Å². The van der Waals surface area contributed by atoms with Crippen LogP contribution in [0.3, 0.4) is 0 Å². The lowest BCUT2D eigenvalue weighted by Gasteiger charge is -2.48. The van der Waals surface area contributed by atoms with Crippen LogP contribution < -0.4 is 5.73 Å². The van der Waals surface area contributed by atoms with Gasteiger partial charge in [-0.2, -0.15) is 0 Å². The lowest BCUT2D eigenvalue weighted by atomic mass is 9.72. The van der Waals surface area contributed by atoms with E-state index in [4.69, 9.17) is 5.73 Å². The molecule has 0 aliphatic heterocycles. The summed E-state index contributed by atoms with van der Waals surface area (Å²) in [7, 11) is 0. The third-order valence-corrected chi connectivity index (χ3v) is 5.49. The minimum atomic E-state index is 0.175. The molecule has 1 rings (SSSR count). The molecule has 1 fully saturated rings. The van der Waals surface area contributed by atoms with E-state index in [1.165, 1.54) is 25.7 Å². The van der Waals surface area contributed by atoms with Gasteiger partial charge in [-0.25, -0.2) is 0 Å². The first-order valence-electron chi connectivity index (χ1n) is 8.00. The highest BCUT2D eigenvalue weighted by Gasteiger charge is 2.39. The molecule has 0 aromatic heterocycles. The molecular formula is C16H34N2. The molecule has 2 N–H and O–H groups in total. The molecule has 0 aromatic carbocycles. The van der Waals surface area contributed by atoms with Crippen LogP contribution in [0, 0.1) is 11.8 Å². The van der Waals surface area contributed by atoms with Crippen molar-refractivity contribution in [1.82, 2.24) is 4.90 Å². The second kappa shape index (κ2) is 6.91. The SMILES string of the molecule is CCN(CC)C(C)(CC)C(N)C1CCC(C)CC1. The summed E-state index contributed by atoms with van der Waals surface area (Å²) in [5, 5.41) is 0. The molecule has 0 heterocycles. The maximum absolute atomic E-state index is 6.69. The first-order valence-corrected chi connectivity index (χ1v) is 8.00.